The Balaban J connectivity index is 3.15. The van der Waals surface area contributed by atoms with E-state index in [1.165, 1.54) is 0 Å². The van der Waals surface area contributed by atoms with Crippen molar-refractivity contribution in [1.82, 2.24) is 0 Å². The quantitative estimate of drug-likeness (QED) is 0.266. The molecule has 1 aliphatic rings. The average molecular weight is 237 g/mol. The lowest BCUT2D eigenvalue weighted by molar-refractivity contribution is -0.367. The van der Waals surface area contributed by atoms with E-state index in [-0.39, 0.29) is 0 Å². The predicted molar refractivity (Wildman–Crippen MR) is 48.7 cm³/mol. The first-order valence-electron chi connectivity index (χ1n) is 4.58. The Hall–Kier alpha value is -0.610. The van der Waals surface area contributed by atoms with E-state index in [1.807, 2.05) is 0 Å². The molecule has 8 nitrogen and oxygen atoms in total. The van der Waals surface area contributed by atoms with E-state index < -0.39 is 42.2 Å². The van der Waals surface area contributed by atoms with Gasteiger partial charge in [0.25, 0.3) is 5.79 Å². The van der Waals surface area contributed by atoms with Gasteiger partial charge in [-0.3, -0.25) is 10.5 Å². The SMILES string of the molecule is CC(=O)[C@]1(O)O[C@H](CO)[C@@H](O)[C@H](O)[C@@]1(N)O. The zero-order valence-electron chi connectivity index (χ0n) is 8.57. The Labute approximate surface area is 90.9 Å². The lowest BCUT2D eigenvalue weighted by Crippen LogP contribution is -2.79. The number of carbonyl (C=O) groups excluding carboxylic acids is 1. The van der Waals surface area contributed by atoms with Gasteiger partial charge in [-0.25, -0.2) is 0 Å². The molecule has 1 aliphatic heterocycles. The number of carbonyl (C=O) groups is 1. The van der Waals surface area contributed by atoms with Crippen LogP contribution in [0.5, 0.6) is 0 Å². The molecule has 0 aromatic heterocycles. The summed E-state index contributed by atoms with van der Waals surface area (Å²) in [6.07, 6.45) is -5.18. The number of hydrogen-bond acceptors (Lipinski definition) is 8. The molecule has 94 valence electrons. The minimum absolute atomic E-state index is 0.760. The number of ketones is 1. The summed E-state index contributed by atoms with van der Waals surface area (Å²) < 4.78 is 4.65. The number of hydrogen-bond donors (Lipinski definition) is 6. The average Bonchev–Trinajstić information content (AvgIpc) is 2.21. The third-order valence-electron chi connectivity index (χ3n) is 2.68. The lowest BCUT2D eigenvalue weighted by Gasteiger charge is -2.49. The van der Waals surface area contributed by atoms with Gasteiger partial charge in [-0.05, 0) is 0 Å². The molecular formula is C8H15NO7. The zero-order chi connectivity index (χ0) is 12.7. The summed E-state index contributed by atoms with van der Waals surface area (Å²) in [4.78, 5) is 11.2. The van der Waals surface area contributed by atoms with Crippen molar-refractivity contribution in [2.45, 2.75) is 36.7 Å². The van der Waals surface area contributed by atoms with Crippen LogP contribution in [0.25, 0.3) is 0 Å². The van der Waals surface area contributed by atoms with Crippen LogP contribution in [0.3, 0.4) is 0 Å². The molecule has 0 amide bonds. The van der Waals surface area contributed by atoms with Crippen molar-refractivity contribution in [3.05, 3.63) is 0 Å². The fraction of sp³-hybridized carbons (Fsp3) is 0.875. The van der Waals surface area contributed by atoms with Gasteiger partial charge >= 0.3 is 0 Å². The van der Waals surface area contributed by atoms with Gasteiger partial charge in [0.05, 0.1) is 6.61 Å². The highest BCUT2D eigenvalue weighted by Crippen LogP contribution is 2.33. The van der Waals surface area contributed by atoms with Crippen molar-refractivity contribution in [1.29, 1.82) is 0 Å². The van der Waals surface area contributed by atoms with E-state index >= 15 is 0 Å². The van der Waals surface area contributed by atoms with Gasteiger partial charge in [0.1, 0.15) is 18.3 Å². The molecule has 8 heteroatoms. The van der Waals surface area contributed by atoms with Gasteiger partial charge in [-0.2, -0.15) is 0 Å². The Kier molecular flexibility index (Phi) is 3.37. The predicted octanol–water partition coefficient (Wildman–Crippen LogP) is -3.98. The van der Waals surface area contributed by atoms with Crippen molar-refractivity contribution in [3.8, 4) is 0 Å². The number of Topliss-reactive ketones (excluding diaryl/α,β-unsaturated/α-hetero) is 1. The van der Waals surface area contributed by atoms with Gasteiger partial charge in [0, 0.05) is 6.92 Å². The molecule has 1 heterocycles. The molecule has 5 atom stereocenters. The Morgan fingerprint density at radius 3 is 2.31 bits per heavy atom. The van der Waals surface area contributed by atoms with Crippen molar-refractivity contribution in [2.75, 3.05) is 6.61 Å². The maximum absolute atomic E-state index is 11.2. The summed E-state index contributed by atoms with van der Waals surface area (Å²) in [7, 11) is 0. The normalized spacial score (nSPS) is 49.1. The molecule has 0 bridgehead atoms. The highest BCUT2D eigenvalue weighted by molar-refractivity contribution is 5.84. The van der Waals surface area contributed by atoms with Crippen LogP contribution in [0.2, 0.25) is 0 Å². The van der Waals surface area contributed by atoms with Crippen LogP contribution in [-0.2, 0) is 9.53 Å². The Morgan fingerprint density at radius 1 is 1.44 bits per heavy atom. The number of nitrogens with two attached hydrogens (primary N) is 1. The van der Waals surface area contributed by atoms with Gasteiger partial charge < -0.3 is 30.3 Å². The van der Waals surface area contributed by atoms with Crippen LogP contribution in [0.15, 0.2) is 0 Å². The first-order chi connectivity index (χ1) is 7.18. The van der Waals surface area contributed by atoms with Crippen LogP contribution < -0.4 is 5.73 Å². The maximum atomic E-state index is 11.2. The number of aliphatic hydroxyl groups excluding tert-OH is 3. The Bertz CT molecular complexity index is 294. The van der Waals surface area contributed by atoms with E-state index in [4.69, 9.17) is 10.8 Å². The first kappa shape index (κ1) is 13.5. The molecule has 0 aromatic carbocycles. The number of ether oxygens (including phenoxy) is 1. The van der Waals surface area contributed by atoms with Crippen LogP contribution >= 0.6 is 0 Å². The third-order valence-corrected chi connectivity index (χ3v) is 2.68. The molecule has 0 aliphatic carbocycles. The molecule has 1 rings (SSSR count). The molecular weight excluding hydrogens is 222 g/mol. The zero-order valence-corrected chi connectivity index (χ0v) is 8.57. The molecule has 0 spiro atoms. The van der Waals surface area contributed by atoms with Gasteiger partial charge in [-0.15, -0.1) is 0 Å². The fourth-order valence-electron chi connectivity index (χ4n) is 1.56. The summed E-state index contributed by atoms with van der Waals surface area (Å²) in [6, 6.07) is 0. The smallest absolute Gasteiger partial charge is 0.273 e. The van der Waals surface area contributed by atoms with E-state index in [9.17, 15) is 25.2 Å². The minimum Gasteiger partial charge on any atom is -0.394 e. The molecule has 0 unspecified atom stereocenters. The first-order valence-corrected chi connectivity index (χ1v) is 4.58. The summed E-state index contributed by atoms with van der Waals surface area (Å²) in [5, 5.41) is 47.0. The van der Waals surface area contributed by atoms with Gasteiger partial charge in [0.2, 0.25) is 5.72 Å². The van der Waals surface area contributed by atoms with Crippen LogP contribution in [0, 0.1) is 0 Å². The number of rotatable bonds is 2. The molecule has 0 radical (unpaired) electrons. The number of aliphatic hydroxyl groups is 5. The standard InChI is InChI=1S/C8H15NO7/c1-3(11)8(15)7(9,14)6(13)5(12)4(2-10)16-8/h4-6,10,12-15H,2,9H2,1H3/t4-,5-,6+,7-,8+/m1/s1. The van der Waals surface area contributed by atoms with E-state index in [1.54, 1.807) is 0 Å². The van der Waals surface area contributed by atoms with E-state index in [2.05, 4.69) is 4.74 Å². The van der Waals surface area contributed by atoms with Crippen molar-refractivity contribution in [3.63, 3.8) is 0 Å². The molecule has 7 N–H and O–H groups in total. The van der Waals surface area contributed by atoms with Crippen molar-refractivity contribution < 1.29 is 35.1 Å². The summed E-state index contributed by atoms with van der Waals surface area (Å²) >= 11 is 0. The Morgan fingerprint density at radius 2 is 1.94 bits per heavy atom. The summed E-state index contributed by atoms with van der Waals surface area (Å²) in [5.41, 5.74) is 2.32. The van der Waals surface area contributed by atoms with E-state index in [0.717, 1.165) is 6.92 Å². The second kappa shape index (κ2) is 4.00. The second-order valence-corrected chi connectivity index (χ2v) is 3.80. The minimum atomic E-state index is -2.88. The second-order valence-electron chi connectivity index (χ2n) is 3.80. The highest BCUT2D eigenvalue weighted by atomic mass is 16.7. The maximum Gasteiger partial charge on any atom is 0.273 e. The highest BCUT2D eigenvalue weighted by Gasteiger charge is 2.64. The molecule has 0 aromatic rings. The fourth-order valence-corrected chi connectivity index (χ4v) is 1.56. The summed E-state index contributed by atoms with van der Waals surface area (Å²) in [5.74, 6) is -3.93. The largest absolute Gasteiger partial charge is 0.394 e. The van der Waals surface area contributed by atoms with Crippen molar-refractivity contribution >= 4 is 5.78 Å². The molecule has 1 fully saturated rings. The molecule has 0 saturated carbocycles. The molecule has 1 saturated heterocycles. The van der Waals surface area contributed by atoms with Gasteiger partial charge in [-0.1, -0.05) is 0 Å². The summed E-state index contributed by atoms with van der Waals surface area (Å²) in [6.45, 7) is 0.126. The van der Waals surface area contributed by atoms with Crippen LogP contribution in [-0.4, -0.2) is 67.7 Å². The van der Waals surface area contributed by atoms with E-state index in [0.29, 0.717) is 0 Å². The monoisotopic (exact) mass is 237 g/mol. The van der Waals surface area contributed by atoms with Crippen LogP contribution in [0.4, 0.5) is 0 Å². The third kappa shape index (κ3) is 1.64. The van der Waals surface area contributed by atoms with Crippen LogP contribution in [0.1, 0.15) is 6.92 Å². The van der Waals surface area contributed by atoms with Crippen molar-refractivity contribution in [2.24, 2.45) is 5.73 Å². The lowest BCUT2D eigenvalue weighted by atomic mass is 9.85. The topological polar surface area (TPSA) is 153 Å². The van der Waals surface area contributed by atoms with Gasteiger partial charge in [0.15, 0.2) is 5.78 Å². The molecule has 16 heavy (non-hydrogen) atoms.